The molecule has 1 amide bonds. The van der Waals surface area contributed by atoms with Gasteiger partial charge < -0.3 is 29.7 Å². The lowest BCUT2D eigenvalue weighted by molar-refractivity contribution is -0.131. The number of nitrogens with zero attached hydrogens (tertiary/aromatic N) is 2. The Balaban J connectivity index is 0.00000385. The molecule has 33 heavy (non-hydrogen) atoms. The largest absolute Gasteiger partial charge is 0.493 e. The smallest absolute Gasteiger partial charge is 0.223 e. The summed E-state index contributed by atoms with van der Waals surface area (Å²) >= 11 is 0. The van der Waals surface area contributed by atoms with Gasteiger partial charge in [0.2, 0.25) is 11.7 Å². The first kappa shape index (κ1) is 26.6. The van der Waals surface area contributed by atoms with Gasteiger partial charge in [-0.25, -0.2) is 0 Å². The van der Waals surface area contributed by atoms with Crippen molar-refractivity contribution in [3.63, 3.8) is 0 Å². The van der Waals surface area contributed by atoms with Gasteiger partial charge in [-0.1, -0.05) is 24.3 Å². The van der Waals surface area contributed by atoms with Crippen LogP contribution in [-0.2, 0) is 24.4 Å². The first-order chi connectivity index (χ1) is 15.6. The summed E-state index contributed by atoms with van der Waals surface area (Å²) in [6.45, 7) is 2.60. The van der Waals surface area contributed by atoms with Gasteiger partial charge in [-0.15, -0.1) is 24.0 Å². The van der Waals surface area contributed by atoms with E-state index in [0.717, 1.165) is 12.0 Å². The summed E-state index contributed by atoms with van der Waals surface area (Å²) in [5, 5.41) is 6.54. The molecule has 0 unspecified atom stereocenters. The van der Waals surface area contributed by atoms with Gasteiger partial charge in [0.05, 0.1) is 21.3 Å². The highest BCUT2D eigenvalue weighted by molar-refractivity contribution is 14.0. The Kier molecular flexibility index (Phi) is 10.6. The summed E-state index contributed by atoms with van der Waals surface area (Å²) in [6, 6.07) is 12.0. The van der Waals surface area contributed by atoms with E-state index < -0.39 is 0 Å². The van der Waals surface area contributed by atoms with Crippen LogP contribution in [0.3, 0.4) is 0 Å². The van der Waals surface area contributed by atoms with Crippen LogP contribution in [0.1, 0.15) is 29.5 Å². The summed E-state index contributed by atoms with van der Waals surface area (Å²) in [7, 11) is 6.49. The van der Waals surface area contributed by atoms with Crippen LogP contribution in [0, 0.1) is 0 Å². The van der Waals surface area contributed by atoms with E-state index in [-0.39, 0.29) is 29.9 Å². The summed E-state index contributed by atoms with van der Waals surface area (Å²) < 4.78 is 16.2. The maximum absolute atomic E-state index is 12.5. The van der Waals surface area contributed by atoms with Gasteiger partial charge in [0.1, 0.15) is 0 Å². The first-order valence-electron chi connectivity index (χ1n) is 10.7. The Morgan fingerprint density at radius 3 is 2.12 bits per heavy atom. The highest BCUT2D eigenvalue weighted by atomic mass is 127. The topological polar surface area (TPSA) is 84.4 Å². The number of amides is 1. The molecule has 0 fully saturated rings. The fourth-order valence-electron chi connectivity index (χ4n) is 3.76. The Bertz CT molecular complexity index is 917. The van der Waals surface area contributed by atoms with Crippen molar-refractivity contribution in [2.45, 2.75) is 32.5 Å². The van der Waals surface area contributed by atoms with Crippen LogP contribution >= 0.6 is 24.0 Å². The van der Waals surface area contributed by atoms with Crippen LogP contribution < -0.4 is 24.8 Å². The van der Waals surface area contributed by atoms with Gasteiger partial charge in [-0.05, 0) is 35.2 Å². The molecular formula is C24H33IN4O4. The SMILES string of the molecule is CN=C(NCCCC(=O)N1Cc2ccccc2C1)NCc1cc(OC)c(OC)c(OC)c1.I. The van der Waals surface area contributed by atoms with E-state index in [0.29, 0.717) is 55.8 Å². The number of benzene rings is 2. The summed E-state index contributed by atoms with van der Waals surface area (Å²) in [4.78, 5) is 18.7. The normalized spacial score (nSPS) is 12.5. The lowest BCUT2D eigenvalue weighted by Gasteiger charge is -2.17. The Labute approximate surface area is 212 Å². The van der Waals surface area contributed by atoms with Gasteiger partial charge >= 0.3 is 0 Å². The number of hydrogen-bond donors (Lipinski definition) is 2. The van der Waals surface area contributed by atoms with Crippen molar-refractivity contribution in [3.8, 4) is 17.2 Å². The van der Waals surface area contributed by atoms with E-state index in [4.69, 9.17) is 14.2 Å². The number of guanidine groups is 1. The van der Waals surface area contributed by atoms with E-state index in [1.807, 2.05) is 29.2 Å². The van der Waals surface area contributed by atoms with Gasteiger partial charge in [0, 0.05) is 39.6 Å². The predicted octanol–water partition coefficient (Wildman–Crippen LogP) is 3.32. The van der Waals surface area contributed by atoms with Crippen molar-refractivity contribution in [1.82, 2.24) is 15.5 Å². The summed E-state index contributed by atoms with van der Waals surface area (Å²) in [6.07, 6.45) is 1.24. The van der Waals surface area contributed by atoms with Crippen LogP contribution in [0.5, 0.6) is 17.2 Å². The molecule has 0 aliphatic carbocycles. The number of carbonyl (C=O) groups is 1. The number of carbonyl (C=O) groups excluding carboxylic acids is 1. The van der Waals surface area contributed by atoms with E-state index in [1.54, 1.807) is 28.4 Å². The van der Waals surface area contributed by atoms with E-state index in [9.17, 15) is 4.79 Å². The molecule has 8 nitrogen and oxygen atoms in total. The summed E-state index contributed by atoms with van der Waals surface area (Å²) in [5.41, 5.74) is 3.46. The monoisotopic (exact) mass is 568 g/mol. The molecule has 2 N–H and O–H groups in total. The van der Waals surface area contributed by atoms with Crippen LogP contribution in [0.4, 0.5) is 0 Å². The van der Waals surface area contributed by atoms with Gasteiger partial charge in [0.15, 0.2) is 17.5 Å². The standard InChI is InChI=1S/C24H32N4O4.HI/c1-25-24(27-14-17-12-20(30-2)23(32-4)21(13-17)31-3)26-11-7-10-22(29)28-15-18-8-5-6-9-19(18)16-28;/h5-6,8-9,12-13H,7,10-11,14-16H2,1-4H3,(H2,25,26,27);1H. The molecule has 0 saturated heterocycles. The zero-order valence-electron chi connectivity index (χ0n) is 19.6. The number of methoxy groups -OCH3 is 3. The quantitative estimate of drug-likeness (QED) is 0.209. The third-order valence-electron chi connectivity index (χ3n) is 5.46. The van der Waals surface area contributed by atoms with Crippen molar-refractivity contribution >= 4 is 35.8 Å². The van der Waals surface area contributed by atoms with Gasteiger partial charge in [0.25, 0.3) is 0 Å². The fourth-order valence-corrected chi connectivity index (χ4v) is 3.76. The van der Waals surface area contributed by atoms with E-state index in [1.165, 1.54) is 11.1 Å². The van der Waals surface area contributed by atoms with Crippen LogP contribution in [0.25, 0.3) is 0 Å². The zero-order chi connectivity index (χ0) is 22.9. The van der Waals surface area contributed by atoms with Crippen LogP contribution in [0.15, 0.2) is 41.4 Å². The number of rotatable bonds is 9. The predicted molar refractivity (Wildman–Crippen MR) is 140 cm³/mol. The molecule has 1 aliphatic rings. The van der Waals surface area contributed by atoms with Gasteiger partial charge in [-0.2, -0.15) is 0 Å². The summed E-state index contributed by atoms with van der Waals surface area (Å²) in [5.74, 6) is 2.62. The van der Waals surface area contributed by atoms with Crippen molar-refractivity contribution in [2.75, 3.05) is 34.9 Å². The highest BCUT2D eigenvalue weighted by Crippen LogP contribution is 2.38. The third kappa shape index (κ3) is 6.89. The fraction of sp³-hybridized carbons (Fsp3) is 0.417. The maximum Gasteiger partial charge on any atom is 0.223 e. The lowest BCUT2D eigenvalue weighted by atomic mass is 10.1. The van der Waals surface area contributed by atoms with Gasteiger partial charge in [-0.3, -0.25) is 9.79 Å². The second-order valence-corrected chi connectivity index (χ2v) is 7.51. The molecule has 2 aromatic rings. The molecule has 0 atom stereocenters. The molecule has 0 bridgehead atoms. The van der Waals surface area contributed by atoms with Crippen molar-refractivity contribution in [2.24, 2.45) is 4.99 Å². The molecule has 0 spiro atoms. The van der Waals surface area contributed by atoms with Crippen LogP contribution in [-0.4, -0.2) is 51.7 Å². The molecule has 1 heterocycles. The molecule has 2 aromatic carbocycles. The Morgan fingerprint density at radius 1 is 1.00 bits per heavy atom. The van der Waals surface area contributed by atoms with Crippen molar-refractivity contribution < 1.29 is 19.0 Å². The minimum absolute atomic E-state index is 0. The second-order valence-electron chi connectivity index (χ2n) is 7.51. The average molecular weight is 568 g/mol. The minimum atomic E-state index is 0. The second kappa shape index (κ2) is 13.1. The number of fused-ring (bicyclic) bond motifs is 1. The molecule has 1 aliphatic heterocycles. The Hall–Kier alpha value is -2.69. The molecule has 0 aromatic heterocycles. The Morgan fingerprint density at radius 2 is 1.61 bits per heavy atom. The lowest BCUT2D eigenvalue weighted by Crippen LogP contribution is -2.37. The number of ether oxygens (including phenoxy) is 3. The third-order valence-corrected chi connectivity index (χ3v) is 5.46. The van der Waals surface area contributed by atoms with Crippen LogP contribution in [0.2, 0.25) is 0 Å². The van der Waals surface area contributed by atoms with E-state index >= 15 is 0 Å². The molecule has 9 heteroatoms. The first-order valence-corrected chi connectivity index (χ1v) is 10.7. The number of halogens is 1. The molecule has 0 saturated carbocycles. The molecule has 180 valence electrons. The number of hydrogen-bond acceptors (Lipinski definition) is 5. The average Bonchev–Trinajstić information content (AvgIpc) is 3.27. The maximum atomic E-state index is 12.5. The highest BCUT2D eigenvalue weighted by Gasteiger charge is 2.22. The molecule has 3 rings (SSSR count). The molecule has 0 radical (unpaired) electrons. The number of nitrogens with one attached hydrogen (secondary N) is 2. The number of aliphatic imine (C=N–C) groups is 1. The van der Waals surface area contributed by atoms with Crippen molar-refractivity contribution in [1.29, 1.82) is 0 Å². The molecular weight excluding hydrogens is 535 g/mol. The zero-order valence-corrected chi connectivity index (χ0v) is 22.0. The van der Waals surface area contributed by atoms with Crippen molar-refractivity contribution in [3.05, 3.63) is 53.1 Å². The minimum Gasteiger partial charge on any atom is -0.493 e. The van der Waals surface area contributed by atoms with E-state index in [2.05, 4.69) is 27.8 Å².